The molecule has 0 atom stereocenters. The van der Waals surface area contributed by atoms with Crippen LogP contribution in [0.2, 0.25) is 0 Å². The van der Waals surface area contributed by atoms with E-state index in [9.17, 15) is 4.79 Å². The van der Waals surface area contributed by atoms with E-state index in [4.69, 9.17) is 9.47 Å². The number of aryl methyl sites for hydroxylation is 1. The number of carbonyl (C=O) groups is 1. The van der Waals surface area contributed by atoms with Crippen LogP contribution in [0.5, 0.6) is 11.5 Å². The number of ether oxygens (including phenoxy) is 2. The third-order valence-electron chi connectivity index (χ3n) is 3.51. The fourth-order valence-corrected chi connectivity index (χ4v) is 2.27. The lowest BCUT2D eigenvalue weighted by atomic mass is 10.1. The quantitative estimate of drug-likeness (QED) is 0.756. The van der Waals surface area contributed by atoms with Gasteiger partial charge in [-0.15, -0.1) is 0 Å². The Balaban J connectivity index is 2.17. The highest BCUT2D eigenvalue weighted by atomic mass is 16.5. The van der Waals surface area contributed by atoms with Crippen LogP contribution in [0.1, 0.15) is 42.6 Å². The molecule has 0 aliphatic heterocycles. The topological polar surface area (TPSA) is 47.6 Å². The molecule has 2 rings (SSSR count). The van der Waals surface area contributed by atoms with Crippen LogP contribution in [0, 0.1) is 6.92 Å². The van der Waals surface area contributed by atoms with E-state index in [0.717, 1.165) is 18.4 Å². The first-order chi connectivity index (χ1) is 11.7. The molecule has 0 aliphatic carbocycles. The summed E-state index contributed by atoms with van der Waals surface area (Å²) >= 11 is 0. The Morgan fingerprint density at radius 1 is 0.958 bits per heavy atom. The lowest BCUT2D eigenvalue weighted by Crippen LogP contribution is -2.13. The van der Waals surface area contributed by atoms with Gasteiger partial charge in [0.15, 0.2) is 11.5 Å². The van der Waals surface area contributed by atoms with Gasteiger partial charge in [0, 0.05) is 17.3 Å². The number of hydrogen-bond acceptors (Lipinski definition) is 3. The summed E-state index contributed by atoms with van der Waals surface area (Å²) in [6.45, 7) is 7.28. The van der Waals surface area contributed by atoms with Crippen molar-refractivity contribution in [2.75, 3.05) is 18.5 Å². The summed E-state index contributed by atoms with van der Waals surface area (Å²) < 4.78 is 11.5. The molecule has 128 valence electrons. The maximum Gasteiger partial charge on any atom is 0.255 e. The molecule has 0 fully saturated rings. The number of benzene rings is 2. The summed E-state index contributed by atoms with van der Waals surface area (Å²) in [4.78, 5) is 12.4. The standard InChI is InChI=1S/C20H25NO3/c1-4-12-23-18-11-10-16(14-19(18)24-13-5-2)21-20(22)17-9-7-6-8-15(17)3/h6-11,14H,4-5,12-13H2,1-3H3,(H,21,22). The zero-order valence-electron chi connectivity index (χ0n) is 14.6. The molecule has 4 heteroatoms. The molecule has 2 aromatic carbocycles. The number of amides is 1. The van der Waals surface area contributed by atoms with Crippen LogP contribution in [0.3, 0.4) is 0 Å². The zero-order valence-corrected chi connectivity index (χ0v) is 14.6. The molecular formula is C20H25NO3. The average molecular weight is 327 g/mol. The SMILES string of the molecule is CCCOc1ccc(NC(=O)c2ccccc2C)cc1OCCC. The Morgan fingerprint density at radius 3 is 2.29 bits per heavy atom. The number of carbonyl (C=O) groups excluding carboxylic acids is 1. The lowest BCUT2D eigenvalue weighted by molar-refractivity contribution is 0.102. The van der Waals surface area contributed by atoms with E-state index in [1.165, 1.54) is 0 Å². The van der Waals surface area contributed by atoms with Crippen molar-refractivity contribution >= 4 is 11.6 Å². The fraction of sp³-hybridized carbons (Fsp3) is 0.350. The summed E-state index contributed by atoms with van der Waals surface area (Å²) in [6.07, 6.45) is 1.84. The van der Waals surface area contributed by atoms with Crippen LogP contribution < -0.4 is 14.8 Å². The number of rotatable bonds is 8. The minimum absolute atomic E-state index is 0.128. The minimum Gasteiger partial charge on any atom is -0.490 e. The third kappa shape index (κ3) is 4.75. The van der Waals surface area contributed by atoms with Gasteiger partial charge in [0.1, 0.15) is 0 Å². The molecular weight excluding hydrogens is 302 g/mol. The second-order valence-electron chi connectivity index (χ2n) is 5.63. The maximum atomic E-state index is 12.4. The normalized spacial score (nSPS) is 10.3. The van der Waals surface area contributed by atoms with E-state index in [1.54, 1.807) is 0 Å². The van der Waals surface area contributed by atoms with Crippen LogP contribution in [-0.4, -0.2) is 19.1 Å². The molecule has 0 spiro atoms. The number of hydrogen-bond donors (Lipinski definition) is 1. The number of anilines is 1. The van der Waals surface area contributed by atoms with Crippen LogP contribution in [0.25, 0.3) is 0 Å². The molecule has 0 unspecified atom stereocenters. The highest BCUT2D eigenvalue weighted by Gasteiger charge is 2.11. The van der Waals surface area contributed by atoms with Crippen molar-refractivity contribution in [2.45, 2.75) is 33.6 Å². The van der Waals surface area contributed by atoms with Crippen molar-refractivity contribution < 1.29 is 14.3 Å². The summed E-state index contributed by atoms with van der Waals surface area (Å²) in [5, 5.41) is 2.92. The molecule has 1 N–H and O–H groups in total. The van der Waals surface area contributed by atoms with E-state index in [-0.39, 0.29) is 5.91 Å². The molecule has 0 saturated carbocycles. The Kier molecular flexibility index (Phi) is 6.67. The van der Waals surface area contributed by atoms with Gasteiger partial charge in [0.2, 0.25) is 0 Å². The van der Waals surface area contributed by atoms with Gasteiger partial charge >= 0.3 is 0 Å². The summed E-state index contributed by atoms with van der Waals surface area (Å²) in [5.74, 6) is 1.24. The summed E-state index contributed by atoms with van der Waals surface area (Å²) in [5.41, 5.74) is 2.30. The summed E-state index contributed by atoms with van der Waals surface area (Å²) in [6, 6.07) is 13.0. The smallest absolute Gasteiger partial charge is 0.255 e. The first-order valence-electron chi connectivity index (χ1n) is 8.42. The van der Waals surface area contributed by atoms with E-state index >= 15 is 0 Å². The van der Waals surface area contributed by atoms with E-state index in [0.29, 0.717) is 36.0 Å². The van der Waals surface area contributed by atoms with E-state index < -0.39 is 0 Å². The molecule has 0 bridgehead atoms. The second kappa shape index (κ2) is 8.96. The van der Waals surface area contributed by atoms with E-state index in [1.807, 2.05) is 49.4 Å². The Bertz CT molecular complexity index is 682. The van der Waals surface area contributed by atoms with Crippen molar-refractivity contribution in [3.8, 4) is 11.5 Å². The molecule has 24 heavy (non-hydrogen) atoms. The molecule has 4 nitrogen and oxygen atoms in total. The Hall–Kier alpha value is -2.49. The number of nitrogens with one attached hydrogen (secondary N) is 1. The van der Waals surface area contributed by atoms with Crippen molar-refractivity contribution in [1.82, 2.24) is 0 Å². The first kappa shape index (κ1) is 17.9. The summed E-state index contributed by atoms with van der Waals surface area (Å²) in [7, 11) is 0. The molecule has 0 aromatic heterocycles. The minimum atomic E-state index is -0.128. The van der Waals surface area contributed by atoms with Gasteiger partial charge in [-0.2, -0.15) is 0 Å². The van der Waals surface area contributed by atoms with Gasteiger partial charge in [0.25, 0.3) is 5.91 Å². The average Bonchev–Trinajstić information content (AvgIpc) is 2.59. The lowest BCUT2D eigenvalue weighted by Gasteiger charge is -2.14. The largest absolute Gasteiger partial charge is 0.490 e. The first-order valence-corrected chi connectivity index (χ1v) is 8.42. The van der Waals surface area contributed by atoms with Crippen LogP contribution in [0.4, 0.5) is 5.69 Å². The molecule has 2 aromatic rings. The van der Waals surface area contributed by atoms with E-state index in [2.05, 4.69) is 19.2 Å². The van der Waals surface area contributed by atoms with Gasteiger partial charge in [-0.1, -0.05) is 32.0 Å². The van der Waals surface area contributed by atoms with Crippen molar-refractivity contribution in [3.05, 3.63) is 53.6 Å². The van der Waals surface area contributed by atoms with Gasteiger partial charge < -0.3 is 14.8 Å². The van der Waals surface area contributed by atoms with Crippen LogP contribution >= 0.6 is 0 Å². The highest BCUT2D eigenvalue weighted by molar-refractivity contribution is 6.05. The third-order valence-corrected chi connectivity index (χ3v) is 3.51. The Labute approximate surface area is 143 Å². The maximum absolute atomic E-state index is 12.4. The fourth-order valence-electron chi connectivity index (χ4n) is 2.27. The van der Waals surface area contributed by atoms with Gasteiger partial charge in [-0.05, 0) is 43.5 Å². The molecule has 0 radical (unpaired) electrons. The monoisotopic (exact) mass is 327 g/mol. The van der Waals surface area contributed by atoms with Gasteiger partial charge in [0.05, 0.1) is 13.2 Å². The van der Waals surface area contributed by atoms with Crippen LogP contribution in [-0.2, 0) is 0 Å². The second-order valence-corrected chi connectivity index (χ2v) is 5.63. The zero-order chi connectivity index (χ0) is 17.4. The highest BCUT2D eigenvalue weighted by Crippen LogP contribution is 2.31. The predicted molar refractivity (Wildman–Crippen MR) is 97.1 cm³/mol. The van der Waals surface area contributed by atoms with Gasteiger partial charge in [-0.25, -0.2) is 0 Å². The molecule has 0 aliphatic rings. The molecule has 1 amide bonds. The van der Waals surface area contributed by atoms with Gasteiger partial charge in [-0.3, -0.25) is 4.79 Å². The molecule has 0 saturated heterocycles. The van der Waals surface area contributed by atoms with Crippen molar-refractivity contribution in [3.63, 3.8) is 0 Å². The van der Waals surface area contributed by atoms with Crippen molar-refractivity contribution in [2.24, 2.45) is 0 Å². The predicted octanol–water partition coefficient (Wildman–Crippen LogP) is 4.82. The van der Waals surface area contributed by atoms with Crippen LogP contribution in [0.15, 0.2) is 42.5 Å². The molecule has 0 heterocycles. The Morgan fingerprint density at radius 2 is 1.62 bits per heavy atom. The van der Waals surface area contributed by atoms with Crippen molar-refractivity contribution in [1.29, 1.82) is 0 Å².